The van der Waals surface area contributed by atoms with Gasteiger partial charge in [-0.1, -0.05) is 91.8 Å². The zero-order valence-corrected chi connectivity index (χ0v) is 51.0. The quantitative estimate of drug-likeness (QED) is 0.0619. The van der Waals surface area contributed by atoms with Crippen LogP contribution in [0.2, 0.25) is 0 Å². The van der Waals surface area contributed by atoms with Gasteiger partial charge < -0.3 is 40.7 Å². The molecule has 438 valence electrons. The Morgan fingerprint density at radius 3 is 0.872 bits per heavy atom. The minimum Gasteiger partial charge on any atom is -0.496 e. The Balaban J connectivity index is 1.17. The number of methoxy groups -OCH3 is 2. The van der Waals surface area contributed by atoms with Crippen molar-refractivity contribution in [2.45, 2.75) is 94.9 Å². The molecule has 8 bridgehead atoms. The summed E-state index contributed by atoms with van der Waals surface area (Å²) in [6.07, 6.45) is 11.0. The van der Waals surface area contributed by atoms with E-state index in [2.05, 4.69) is 86.6 Å². The van der Waals surface area contributed by atoms with E-state index < -0.39 is 0 Å². The maximum atomic E-state index is 14.4. The number of aromatic amines is 2. The molecule has 0 spiro atoms. The van der Waals surface area contributed by atoms with Crippen molar-refractivity contribution in [3.63, 3.8) is 0 Å². The third-order valence-electron chi connectivity index (χ3n) is 19.1. The highest BCUT2D eigenvalue weighted by atomic mass is 16.5. The fourth-order valence-corrected chi connectivity index (χ4v) is 13.1. The monoisotopic (exact) mass is 1150 g/mol. The second kappa shape index (κ2) is 20.3. The van der Waals surface area contributed by atoms with Crippen molar-refractivity contribution in [2.75, 3.05) is 35.5 Å². The van der Waals surface area contributed by atoms with Crippen molar-refractivity contribution in [1.82, 2.24) is 19.9 Å². The van der Waals surface area contributed by atoms with Gasteiger partial charge in [0, 0.05) is 90.2 Å². The number of aryl methyl sites for hydroxylation is 2. The third kappa shape index (κ3) is 9.95. The smallest absolute Gasteiger partial charge is 0.228 e. The molecule has 4 fully saturated rings. The highest BCUT2D eigenvalue weighted by Gasteiger charge is 2.53. The summed E-state index contributed by atoms with van der Waals surface area (Å²) in [7, 11) is 3.32. The highest BCUT2D eigenvalue weighted by molar-refractivity contribution is 6.12. The maximum absolute atomic E-state index is 14.4. The molecule has 0 saturated heterocycles. The number of hydrogen-bond donors (Lipinski definition) is 6. The first-order chi connectivity index (χ1) is 41.0. The van der Waals surface area contributed by atoms with Crippen LogP contribution in [0.3, 0.4) is 0 Å². The Bertz CT molecular complexity index is 3940. The summed E-state index contributed by atoms with van der Waals surface area (Å²) in [6.45, 7) is 20.9. The lowest BCUT2D eigenvalue weighted by Gasteiger charge is -2.19. The Hall–Kier alpha value is -9.04. The summed E-state index contributed by atoms with van der Waals surface area (Å²) in [4.78, 5) is 76.6. The average Bonchev–Trinajstić information content (AvgIpc) is 1.65. The van der Waals surface area contributed by atoms with Crippen LogP contribution >= 0.6 is 0 Å². The van der Waals surface area contributed by atoms with Gasteiger partial charge in [0.2, 0.25) is 23.6 Å². The summed E-state index contributed by atoms with van der Waals surface area (Å²) < 4.78 is 12.4. The Labute approximate surface area is 501 Å². The number of nitrogens with zero attached hydrogens (tertiary/aromatic N) is 2. The fourth-order valence-electron chi connectivity index (χ4n) is 13.1. The second-order valence-electron chi connectivity index (χ2n) is 27.2. The van der Waals surface area contributed by atoms with Gasteiger partial charge in [-0.25, -0.2) is 9.97 Å². The number of anilines is 4. The van der Waals surface area contributed by atoms with Crippen LogP contribution < -0.4 is 30.7 Å². The lowest BCUT2D eigenvalue weighted by molar-refractivity contribution is -0.118. The number of fused-ring (bicyclic) bond motifs is 8. The van der Waals surface area contributed by atoms with Crippen LogP contribution in [0, 0.1) is 59.2 Å². The first-order valence-electron chi connectivity index (χ1n) is 29.9. The molecular formula is C72H74N8O6. The van der Waals surface area contributed by atoms with Gasteiger partial charge in [0.15, 0.2) is 0 Å². The summed E-state index contributed by atoms with van der Waals surface area (Å²) >= 11 is 0. The fraction of sp³-hybridized carbons (Fsp3) is 0.333. The molecule has 2 aliphatic heterocycles. The topological polar surface area (TPSA) is 192 Å². The van der Waals surface area contributed by atoms with Gasteiger partial charge in [-0.2, -0.15) is 0 Å². The molecule has 6 aliphatic rings. The van der Waals surface area contributed by atoms with E-state index in [1.807, 2.05) is 135 Å². The average molecular weight is 1150 g/mol. The largest absolute Gasteiger partial charge is 0.496 e. The Kier molecular flexibility index (Phi) is 13.3. The second-order valence-corrected chi connectivity index (χ2v) is 27.2. The molecule has 4 aliphatic carbocycles. The number of amides is 4. The predicted octanol–water partition coefficient (Wildman–Crippen LogP) is 15.9. The number of nitrogens with one attached hydrogen (secondary N) is 6. The van der Waals surface area contributed by atoms with Crippen molar-refractivity contribution in [2.24, 2.45) is 45.3 Å². The molecule has 3 aromatic heterocycles. The molecule has 4 saturated carbocycles. The summed E-state index contributed by atoms with van der Waals surface area (Å²) in [5.41, 5.74) is 13.9. The van der Waals surface area contributed by atoms with E-state index in [4.69, 9.17) is 19.4 Å². The van der Waals surface area contributed by atoms with Gasteiger partial charge in [-0.3, -0.25) is 19.2 Å². The molecule has 7 aromatic rings. The van der Waals surface area contributed by atoms with Crippen LogP contribution in [-0.2, 0) is 19.2 Å². The van der Waals surface area contributed by atoms with Gasteiger partial charge >= 0.3 is 0 Å². The first-order valence-corrected chi connectivity index (χ1v) is 29.9. The summed E-state index contributed by atoms with van der Waals surface area (Å²) in [6, 6.07) is 31.3. The Morgan fingerprint density at radius 2 is 0.628 bits per heavy atom. The van der Waals surface area contributed by atoms with Crippen molar-refractivity contribution in [1.29, 1.82) is 0 Å². The van der Waals surface area contributed by atoms with E-state index in [0.29, 0.717) is 101 Å². The first kappa shape index (κ1) is 56.1. The molecule has 4 unspecified atom stereocenters. The molecule has 13 rings (SSSR count). The molecule has 0 radical (unpaired) electrons. The van der Waals surface area contributed by atoms with Crippen LogP contribution in [0.25, 0.3) is 90.9 Å². The SMILES string of the molecule is COc1cccc(C)c1-c1c2nc(c(-c3c(NC(=O)C4CC4(C)C)cccc3NC(=O)C3CC3(C)C)c3ccc([nH]3)c(-c3c(C)cccc3OC)c3nc(c(-c4c(NC(=O)C5CC5(C)C)cccc4NC(=O)C4CC4(C)C)c4ccc1[nH]4)C=C3)C=C2. The normalized spacial score (nSPS) is 20.1. The van der Waals surface area contributed by atoms with Crippen molar-refractivity contribution in [3.05, 3.63) is 131 Å². The van der Waals surface area contributed by atoms with E-state index in [1.165, 1.54) is 0 Å². The molecular weight excluding hydrogens is 1070 g/mol. The number of carbonyl (C=O) groups is 4. The van der Waals surface area contributed by atoms with Crippen LogP contribution in [0.1, 0.15) is 115 Å². The maximum Gasteiger partial charge on any atom is 0.228 e. The molecule has 4 atom stereocenters. The van der Waals surface area contributed by atoms with E-state index in [0.717, 1.165) is 59.1 Å². The highest BCUT2D eigenvalue weighted by Crippen LogP contribution is 2.56. The van der Waals surface area contributed by atoms with Crippen molar-refractivity contribution >= 4 is 92.7 Å². The zero-order valence-electron chi connectivity index (χ0n) is 51.0. The van der Waals surface area contributed by atoms with E-state index in [9.17, 15) is 19.2 Å². The Morgan fingerprint density at radius 1 is 0.384 bits per heavy atom. The molecule has 6 N–H and O–H groups in total. The lowest BCUT2D eigenvalue weighted by Crippen LogP contribution is -2.19. The third-order valence-corrected chi connectivity index (χ3v) is 19.1. The molecule has 5 heterocycles. The molecule has 4 aromatic carbocycles. The molecule has 14 heteroatoms. The van der Waals surface area contributed by atoms with E-state index >= 15 is 0 Å². The number of aromatic nitrogens is 4. The molecule has 14 nitrogen and oxygen atoms in total. The number of hydrogen-bond acceptors (Lipinski definition) is 8. The molecule has 4 amide bonds. The van der Waals surface area contributed by atoms with Gasteiger partial charge in [-0.15, -0.1) is 0 Å². The number of H-pyrrole nitrogens is 2. The minimum absolute atomic E-state index is 0.0974. The van der Waals surface area contributed by atoms with E-state index in [1.54, 1.807) is 14.2 Å². The predicted molar refractivity (Wildman–Crippen MR) is 345 cm³/mol. The number of rotatable bonds is 14. The summed E-state index contributed by atoms with van der Waals surface area (Å²) in [5.74, 6) is 0.0851. The molecule has 86 heavy (non-hydrogen) atoms. The van der Waals surface area contributed by atoms with Crippen LogP contribution in [0.4, 0.5) is 22.7 Å². The number of carbonyl (C=O) groups excluding carboxylic acids is 4. The lowest BCUT2D eigenvalue weighted by atomic mass is 9.97. The van der Waals surface area contributed by atoms with Gasteiger partial charge in [0.25, 0.3) is 0 Å². The zero-order chi connectivity index (χ0) is 60.5. The van der Waals surface area contributed by atoms with Crippen LogP contribution in [-0.4, -0.2) is 57.8 Å². The standard InChI is InChI=1S/C72H74N8O6/c1-37-17-13-23-55(85-11)57(37)59-47-25-29-51(73-47)63(61-43(77-65(81)39-33-69(39,3)4)19-15-20-44(61)78-66(82)40-34-70(40,5)6)53-31-27-49(75-53)60(58-38(2)18-14-24-56(58)86-12)50-28-32-54(76-50)64(52-30-26-48(59)74-52)62-45(79-67(83)41-35-71(41,7)8)21-16-22-46(62)80-68(84)42-36-72(42,9)10/h13-32,39-42,73,76H,33-36H2,1-12H3,(H,77,81)(H,78,82)(H,79,83)(H,80,84). The van der Waals surface area contributed by atoms with E-state index in [-0.39, 0.29) is 69.0 Å². The van der Waals surface area contributed by atoms with Gasteiger partial charge in [0.1, 0.15) is 11.5 Å². The number of ether oxygens (including phenoxy) is 2. The number of benzene rings is 4. The van der Waals surface area contributed by atoms with Gasteiger partial charge in [0.05, 0.1) is 59.7 Å². The van der Waals surface area contributed by atoms with Crippen molar-refractivity contribution in [3.8, 4) is 56.0 Å². The summed E-state index contributed by atoms with van der Waals surface area (Å²) in [5, 5.41) is 13.4. The van der Waals surface area contributed by atoms with Crippen molar-refractivity contribution < 1.29 is 28.7 Å². The van der Waals surface area contributed by atoms with Gasteiger partial charge in [-0.05, 0) is 157 Å². The van der Waals surface area contributed by atoms with Crippen LogP contribution in [0.5, 0.6) is 11.5 Å². The minimum atomic E-state index is -0.195. The van der Waals surface area contributed by atoms with Crippen LogP contribution in [0.15, 0.2) is 97.1 Å².